The summed E-state index contributed by atoms with van der Waals surface area (Å²) in [5.74, 6) is -1.33. The van der Waals surface area contributed by atoms with E-state index in [0.717, 1.165) is 5.69 Å². The average Bonchev–Trinajstić information content (AvgIpc) is 2.92. The molecule has 7 nitrogen and oxygen atoms in total. The van der Waals surface area contributed by atoms with Crippen molar-refractivity contribution in [2.75, 3.05) is 0 Å². The summed E-state index contributed by atoms with van der Waals surface area (Å²) in [5, 5.41) is 18.7. The number of aryl methyl sites for hydroxylation is 1. The van der Waals surface area contributed by atoms with Gasteiger partial charge < -0.3 is 16.3 Å². The number of rotatable bonds is 5. The van der Waals surface area contributed by atoms with Crippen molar-refractivity contribution >= 4 is 11.7 Å². The Balaban J connectivity index is 2.12. The predicted octanol–water partition coefficient (Wildman–Crippen LogP) is 0.567. The summed E-state index contributed by atoms with van der Waals surface area (Å²) in [5.41, 5.74) is 7.03. The van der Waals surface area contributed by atoms with E-state index in [4.69, 9.17) is 10.9 Å². The van der Waals surface area contributed by atoms with Gasteiger partial charge in [-0.15, -0.1) is 0 Å². The third-order valence-electron chi connectivity index (χ3n) is 3.02. The van der Waals surface area contributed by atoms with E-state index < -0.39 is 5.92 Å². The van der Waals surface area contributed by atoms with Crippen LogP contribution in [0.1, 0.15) is 17.2 Å². The Morgan fingerprint density at radius 1 is 1.43 bits per heavy atom. The molecule has 0 saturated carbocycles. The minimum atomic E-state index is -0.833. The summed E-state index contributed by atoms with van der Waals surface area (Å²) in [7, 11) is 1.80. The smallest absolute Gasteiger partial charge is 0.235 e. The van der Waals surface area contributed by atoms with Gasteiger partial charge in [0.05, 0.1) is 12.2 Å². The van der Waals surface area contributed by atoms with Gasteiger partial charge in [0, 0.05) is 13.2 Å². The molecule has 1 aromatic carbocycles. The van der Waals surface area contributed by atoms with Gasteiger partial charge in [-0.25, -0.2) is 0 Å². The lowest BCUT2D eigenvalue weighted by molar-refractivity contribution is -0.121. The first-order valence-corrected chi connectivity index (χ1v) is 6.40. The third kappa shape index (κ3) is 3.59. The summed E-state index contributed by atoms with van der Waals surface area (Å²) >= 11 is 0. The zero-order valence-corrected chi connectivity index (χ0v) is 11.6. The number of hydrogen-bond acceptors (Lipinski definition) is 4. The number of carbonyl (C=O) groups is 1. The second-order valence-electron chi connectivity index (χ2n) is 4.57. The molecule has 2 rings (SSSR count). The topological polar surface area (TPSA) is 106 Å². The van der Waals surface area contributed by atoms with Crippen LogP contribution in [0.3, 0.4) is 0 Å². The van der Waals surface area contributed by atoms with Crippen molar-refractivity contribution in [3.63, 3.8) is 0 Å². The Labute approximate surface area is 122 Å². The lowest BCUT2D eigenvalue weighted by Gasteiger charge is -2.15. The van der Waals surface area contributed by atoms with Crippen molar-refractivity contribution in [2.24, 2.45) is 17.9 Å². The standard InChI is InChI=1S/C14H17N5O2/c1-19-8-7-11(17-19)9-16-14(20)12(13(15)18-21)10-5-3-2-4-6-10/h2-8,12,21H,9H2,1H3,(H2,15,18)(H,16,20). The van der Waals surface area contributed by atoms with E-state index in [-0.39, 0.29) is 18.3 Å². The molecule has 4 N–H and O–H groups in total. The predicted molar refractivity (Wildman–Crippen MR) is 77.6 cm³/mol. The fourth-order valence-corrected chi connectivity index (χ4v) is 2.00. The van der Waals surface area contributed by atoms with Gasteiger partial charge >= 0.3 is 0 Å². The van der Waals surface area contributed by atoms with Gasteiger partial charge in [-0.05, 0) is 11.6 Å². The minimum Gasteiger partial charge on any atom is -0.409 e. The highest BCUT2D eigenvalue weighted by molar-refractivity contribution is 6.07. The zero-order valence-electron chi connectivity index (χ0n) is 11.6. The van der Waals surface area contributed by atoms with Crippen LogP contribution in [-0.2, 0) is 18.4 Å². The Kier molecular flexibility index (Phi) is 4.55. The molecule has 0 fully saturated rings. The van der Waals surface area contributed by atoms with Crippen molar-refractivity contribution in [1.82, 2.24) is 15.1 Å². The van der Waals surface area contributed by atoms with Crippen molar-refractivity contribution < 1.29 is 10.0 Å². The molecule has 1 amide bonds. The zero-order chi connectivity index (χ0) is 15.2. The van der Waals surface area contributed by atoms with Gasteiger partial charge in [0.25, 0.3) is 0 Å². The molecule has 110 valence electrons. The molecule has 1 unspecified atom stereocenters. The molecule has 1 heterocycles. The molecule has 0 radical (unpaired) electrons. The number of amides is 1. The van der Waals surface area contributed by atoms with Gasteiger partial charge in [-0.2, -0.15) is 5.10 Å². The summed E-state index contributed by atoms with van der Waals surface area (Å²) in [6.45, 7) is 0.279. The first kappa shape index (κ1) is 14.6. The van der Waals surface area contributed by atoms with Gasteiger partial charge in [0.15, 0.2) is 5.84 Å². The molecule has 1 aromatic heterocycles. The summed E-state index contributed by atoms with van der Waals surface area (Å²) in [4.78, 5) is 12.3. The molecular weight excluding hydrogens is 270 g/mol. The summed E-state index contributed by atoms with van der Waals surface area (Å²) in [6.07, 6.45) is 1.79. The molecule has 0 aliphatic heterocycles. The van der Waals surface area contributed by atoms with Crippen molar-refractivity contribution in [3.8, 4) is 0 Å². The van der Waals surface area contributed by atoms with E-state index in [2.05, 4.69) is 15.6 Å². The van der Waals surface area contributed by atoms with Gasteiger partial charge in [-0.1, -0.05) is 35.5 Å². The quantitative estimate of drug-likeness (QED) is 0.323. The second-order valence-corrected chi connectivity index (χ2v) is 4.57. The number of carbonyl (C=O) groups excluding carboxylic acids is 1. The highest BCUT2D eigenvalue weighted by atomic mass is 16.4. The molecule has 1 atom stereocenters. The molecular formula is C14H17N5O2. The van der Waals surface area contributed by atoms with E-state index in [1.165, 1.54) is 0 Å². The van der Waals surface area contributed by atoms with Crippen LogP contribution in [0.2, 0.25) is 0 Å². The van der Waals surface area contributed by atoms with E-state index in [1.54, 1.807) is 48.3 Å². The fraction of sp³-hybridized carbons (Fsp3) is 0.214. The molecule has 0 bridgehead atoms. The number of nitrogens with zero attached hydrogens (tertiary/aromatic N) is 3. The van der Waals surface area contributed by atoms with Crippen LogP contribution in [0, 0.1) is 0 Å². The Hall–Kier alpha value is -2.83. The largest absolute Gasteiger partial charge is 0.409 e. The molecule has 0 aliphatic rings. The van der Waals surface area contributed by atoms with Crippen molar-refractivity contribution in [1.29, 1.82) is 0 Å². The van der Waals surface area contributed by atoms with E-state index in [9.17, 15) is 4.79 Å². The lowest BCUT2D eigenvalue weighted by atomic mass is 9.97. The molecule has 0 saturated heterocycles. The van der Waals surface area contributed by atoms with Crippen molar-refractivity contribution in [2.45, 2.75) is 12.5 Å². The third-order valence-corrected chi connectivity index (χ3v) is 3.02. The Morgan fingerprint density at radius 2 is 2.14 bits per heavy atom. The first-order valence-electron chi connectivity index (χ1n) is 6.40. The average molecular weight is 287 g/mol. The number of hydrogen-bond donors (Lipinski definition) is 3. The van der Waals surface area contributed by atoms with Crippen LogP contribution in [0.15, 0.2) is 47.8 Å². The number of oxime groups is 1. The highest BCUT2D eigenvalue weighted by Gasteiger charge is 2.25. The molecule has 21 heavy (non-hydrogen) atoms. The number of nitrogens with one attached hydrogen (secondary N) is 1. The summed E-state index contributed by atoms with van der Waals surface area (Å²) < 4.78 is 1.65. The molecule has 7 heteroatoms. The van der Waals surface area contributed by atoms with Crippen LogP contribution in [0.4, 0.5) is 0 Å². The highest BCUT2D eigenvalue weighted by Crippen LogP contribution is 2.16. The second kappa shape index (κ2) is 6.56. The molecule has 2 aromatic rings. The van der Waals surface area contributed by atoms with Crippen LogP contribution in [0.25, 0.3) is 0 Å². The van der Waals surface area contributed by atoms with Crippen LogP contribution in [-0.4, -0.2) is 26.7 Å². The number of benzene rings is 1. The van der Waals surface area contributed by atoms with Crippen LogP contribution < -0.4 is 11.1 Å². The maximum absolute atomic E-state index is 12.3. The normalized spacial score (nSPS) is 12.9. The number of amidine groups is 1. The Morgan fingerprint density at radius 3 is 2.71 bits per heavy atom. The maximum atomic E-state index is 12.3. The van der Waals surface area contributed by atoms with Gasteiger partial charge in [-0.3, -0.25) is 9.48 Å². The van der Waals surface area contributed by atoms with Gasteiger partial charge in [0.1, 0.15) is 5.92 Å². The summed E-state index contributed by atoms with van der Waals surface area (Å²) in [6, 6.07) is 10.7. The van der Waals surface area contributed by atoms with Crippen LogP contribution in [0.5, 0.6) is 0 Å². The molecule has 0 spiro atoms. The first-order chi connectivity index (χ1) is 10.1. The fourth-order valence-electron chi connectivity index (χ4n) is 2.00. The van der Waals surface area contributed by atoms with E-state index >= 15 is 0 Å². The van der Waals surface area contributed by atoms with Crippen molar-refractivity contribution in [3.05, 3.63) is 53.9 Å². The monoisotopic (exact) mass is 287 g/mol. The lowest BCUT2D eigenvalue weighted by Crippen LogP contribution is -2.37. The number of nitrogens with two attached hydrogens (primary N) is 1. The SMILES string of the molecule is Cn1ccc(CNC(=O)C(/C(N)=N/O)c2ccccc2)n1. The minimum absolute atomic E-state index is 0.153. The Bertz CT molecular complexity index is 636. The van der Waals surface area contributed by atoms with E-state index in [0.29, 0.717) is 5.56 Å². The van der Waals surface area contributed by atoms with E-state index in [1.807, 2.05) is 6.07 Å². The maximum Gasteiger partial charge on any atom is 0.235 e. The van der Waals surface area contributed by atoms with Crippen LogP contribution >= 0.6 is 0 Å². The molecule has 0 aliphatic carbocycles. The number of aromatic nitrogens is 2. The van der Waals surface area contributed by atoms with Gasteiger partial charge in [0.2, 0.25) is 5.91 Å².